The van der Waals surface area contributed by atoms with E-state index in [-0.39, 0.29) is 11.9 Å². The maximum absolute atomic E-state index is 12.3. The SMILES string of the molecule is CC(C)NC(=O)c1cccc(CSc2nc(-c3ccccc3)cc(N3CCOCC3)n2)c1. The van der Waals surface area contributed by atoms with Crippen LogP contribution in [0.1, 0.15) is 29.8 Å². The standard InChI is InChI=1S/C25H28N4O2S/c1-18(2)26-24(30)21-10-6-7-19(15-21)17-32-25-27-22(20-8-4-3-5-9-20)16-23(28-25)29-11-13-31-14-12-29/h3-10,15-16,18H,11-14,17H2,1-2H3,(H,26,30). The van der Waals surface area contributed by atoms with E-state index >= 15 is 0 Å². The first-order valence-electron chi connectivity index (χ1n) is 10.9. The van der Waals surface area contributed by atoms with E-state index < -0.39 is 0 Å². The van der Waals surface area contributed by atoms with Gasteiger partial charge in [-0.05, 0) is 31.5 Å². The first-order chi connectivity index (χ1) is 15.6. The number of ether oxygens (including phenoxy) is 1. The van der Waals surface area contributed by atoms with Gasteiger partial charge < -0.3 is 15.0 Å². The first-order valence-corrected chi connectivity index (χ1v) is 11.9. The molecule has 0 radical (unpaired) electrons. The van der Waals surface area contributed by atoms with Crippen LogP contribution in [-0.4, -0.2) is 48.2 Å². The van der Waals surface area contributed by atoms with Gasteiger partial charge in [-0.3, -0.25) is 4.79 Å². The number of nitrogens with one attached hydrogen (secondary N) is 1. The summed E-state index contributed by atoms with van der Waals surface area (Å²) in [5, 5.41) is 3.67. The summed E-state index contributed by atoms with van der Waals surface area (Å²) in [6.07, 6.45) is 0. The van der Waals surface area contributed by atoms with Gasteiger partial charge in [-0.2, -0.15) is 0 Å². The smallest absolute Gasteiger partial charge is 0.251 e. The topological polar surface area (TPSA) is 67.4 Å². The Kier molecular flexibility index (Phi) is 7.39. The molecule has 0 aliphatic carbocycles. The minimum Gasteiger partial charge on any atom is -0.378 e. The Labute approximate surface area is 193 Å². The van der Waals surface area contributed by atoms with Crippen molar-refractivity contribution in [2.24, 2.45) is 0 Å². The Hall–Kier alpha value is -2.90. The molecule has 1 aliphatic heterocycles. The normalized spacial score (nSPS) is 13.9. The third-order valence-electron chi connectivity index (χ3n) is 5.07. The number of hydrogen-bond acceptors (Lipinski definition) is 6. The molecule has 1 N–H and O–H groups in total. The van der Waals surface area contributed by atoms with E-state index in [0.29, 0.717) is 24.5 Å². The van der Waals surface area contributed by atoms with Crippen molar-refractivity contribution in [3.8, 4) is 11.3 Å². The monoisotopic (exact) mass is 448 g/mol. The second kappa shape index (κ2) is 10.6. The highest BCUT2D eigenvalue weighted by atomic mass is 32.2. The molecule has 1 aliphatic rings. The molecule has 7 heteroatoms. The number of anilines is 1. The lowest BCUT2D eigenvalue weighted by Gasteiger charge is -2.28. The van der Waals surface area contributed by atoms with Crippen molar-refractivity contribution in [3.63, 3.8) is 0 Å². The number of rotatable bonds is 7. The fourth-order valence-corrected chi connectivity index (χ4v) is 4.28. The van der Waals surface area contributed by atoms with Crippen LogP contribution in [0.15, 0.2) is 65.8 Å². The molecule has 1 aromatic heterocycles. The molecule has 32 heavy (non-hydrogen) atoms. The zero-order valence-electron chi connectivity index (χ0n) is 18.5. The molecular formula is C25H28N4O2S. The summed E-state index contributed by atoms with van der Waals surface area (Å²) in [7, 11) is 0. The molecular weight excluding hydrogens is 420 g/mol. The quantitative estimate of drug-likeness (QED) is 0.427. The summed E-state index contributed by atoms with van der Waals surface area (Å²) in [6.45, 7) is 6.98. The zero-order chi connectivity index (χ0) is 22.3. The molecule has 1 fully saturated rings. The summed E-state index contributed by atoms with van der Waals surface area (Å²) in [5.41, 5.74) is 3.71. The molecule has 0 bridgehead atoms. The number of hydrogen-bond donors (Lipinski definition) is 1. The lowest BCUT2D eigenvalue weighted by atomic mass is 10.1. The lowest BCUT2D eigenvalue weighted by molar-refractivity contribution is 0.0943. The molecule has 6 nitrogen and oxygen atoms in total. The van der Waals surface area contributed by atoms with E-state index in [1.165, 1.54) is 0 Å². The number of amides is 1. The summed E-state index contributed by atoms with van der Waals surface area (Å²) in [5.74, 6) is 1.56. The molecule has 2 heterocycles. The number of carbonyl (C=O) groups is 1. The minimum atomic E-state index is -0.0521. The van der Waals surface area contributed by atoms with Crippen molar-refractivity contribution < 1.29 is 9.53 Å². The summed E-state index contributed by atoms with van der Waals surface area (Å²) >= 11 is 1.58. The van der Waals surface area contributed by atoms with Gasteiger partial charge in [0.25, 0.3) is 5.91 Å². The second-order valence-electron chi connectivity index (χ2n) is 7.98. The third-order valence-corrected chi connectivity index (χ3v) is 5.99. The Morgan fingerprint density at radius 1 is 1.06 bits per heavy atom. The van der Waals surface area contributed by atoms with E-state index in [1.807, 2.05) is 56.3 Å². The molecule has 166 valence electrons. The highest BCUT2D eigenvalue weighted by Gasteiger charge is 2.16. The van der Waals surface area contributed by atoms with Gasteiger partial charge in [0.1, 0.15) is 5.82 Å². The lowest BCUT2D eigenvalue weighted by Crippen LogP contribution is -2.36. The maximum Gasteiger partial charge on any atom is 0.251 e. The number of aromatic nitrogens is 2. The number of morpholine rings is 1. The molecule has 3 aromatic rings. The predicted octanol–water partition coefficient (Wildman–Crippen LogP) is 4.41. The molecule has 0 unspecified atom stereocenters. The number of carbonyl (C=O) groups excluding carboxylic acids is 1. The van der Waals surface area contributed by atoms with E-state index in [4.69, 9.17) is 14.7 Å². The first kappa shape index (κ1) is 22.3. The Morgan fingerprint density at radius 2 is 1.84 bits per heavy atom. The molecule has 0 atom stereocenters. The maximum atomic E-state index is 12.3. The van der Waals surface area contributed by atoms with Gasteiger partial charge >= 0.3 is 0 Å². The number of thioether (sulfide) groups is 1. The van der Waals surface area contributed by atoms with Crippen LogP contribution in [0.3, 0.4) is 0 Å². The largest absolute Gasteiger partial charge is 0.378 e. The van der Waals surface area contributed by atoms with E-state index in [2.05, 4.69) is 28.4 Å². The van der Waals surface area contributed by atoms with Crippen molar-refractivity contribution >= 4 is 23.5 Å². The molecule has 4 rings (SSSR count). The van der Waals surface area contributed by atoms with Gasteiger partial charge in [0.15, 0.2) is 5.16 Å². The van der Waals surface area contributed by atoms with Gasteiger partial charge in [-0.15, -0.1) is 0 Å². The van der Waals surface area contributed by atoms with Crippen LogP contribution >= 0.6 is 11.8 Å². The van der Waals surface area contributed by atoms with Gasteiger partial charge in [0, 0.05) is 42.1 Å². The van der Waals surface area contributed by atoms with Crippen LogP contribution in [-0.2, 0) is 10.5 Å². The fourth-order valence-electron chi connectivity index (χ4n) is 3.48. The summed E-state index contributed by atoms with van der Waals surface area (Å²) in [4.78, 5) is 24.3. The van der Waals surface area contributed by atoms with Crippen LogP contribution in [0.2, 0.25) is 0 Å². The van der Waals surface area contributed by atoms with Crippen molar-refractivity contribution in [3.05, 3.63) is 71.8 Å². The summed E-state index contributed by atoms with van der Waals surface area (Å²) in [6, 6.07) is 20.1. The molecule has 2 aromatic carbocycles. The number of benzene rings is 2. The predicted molar refractivity (Wildman–Crippen MR) is 129 cm³/mol. The molecule has 1 amide bonds. The third kappa shape index (κ3) is 5.87. The van der Waals surface area contributed by atoms with Gasteiger partial charge in [0.05, 0.1) is 18.9 Å². The highest BCUT2D eigenvalue weighted by molar-refractivity contribution is 7.98. The van der Waals surface area contributed by atoms with Crippen LogP contribution in [0.25, 0.3) is 11.3 Å². The van der Waals surface area contributed by atoms with Crippen LogP contribution in [0.5, 0.6) is 0 Å². The molecule has 0 spiro atoms. The fraction of sp³-hybridized carbons (Fsp3) is 0.320. The minimum absolute atomic E-state index is 0.0521. The number of nitrogens with zero attached hydrogens (tertiary/aromatic N) is 3. The second-order valence-corrected chi connectivity index (χ2v) is 8.92. The van der Waals surface area contributed by atoms with Gasteiger partial charge in [0.2, 0.25) is 0 Å². The van der Waals surface area contributed by atoms with Crippen molar-refractivity contribution in [2.45, 2.75) is 30.8 Å². The van der Waals surface area contributed by atoms with Crippen LogP contribution in [0.4, 0.5) is 5.82 Å². The van der Waals surface area contributed by atoms with E-state index in [1.54, 1.807) is 11.8 Å². The molecule has 0 saturated carbocycles. The average molecular weight is 449 g/mol. The van der Waals surface area contributed by atoms with Crippen LogP contribution < -0.4 is 10.2 Å². The van der Waals surface area contributed by atoms with Gasteiger partial charge in [-0.1, -0.05) is 54.2 Å². The van der Waals surface area contributed by atoms with E-state index in [0.717, 1.165) is 40.9 Å². The average Bonchev–Trinajstić information content (AvgIpc) is 2.83. The van der Waals surface area contributed by atoms with Crippen molar-refractivity contribution in [1.82, 2.24) is 15.3 Å². The van der Waals surface area contributed by atoms with Crippen LogP contribution in [0, 0.1) is 0 Å². The highest BCUT2D eigenvalue weighted by Crippen LogP contribution is 2.28. The Bertz CT molecular complexity index is 1050. The van der Waals surface area contributed by atoms with Crippen molar-refractivity contribution in [1.29, 1.82) is 0 Å². The molecule has 1 saturated heterocycles. The summed E-state index contributed by atoms with van der Waals surface area (Å²) < 4.78 is 5.50. The zero-order valence-corrected chi connectivity index (χ0v) is 19.3. The Morgan fingerprint density at radius 3 is 2.59 bits per heavy atom. The van der Waals surface area contributed by atoms with E-state index in [9.17, 15) is 4.79 Å². The van der Waals surface area contributed by atoms with Crippen molar-refractivity contribution in [2.75, 3.05) is 31.2 Å². The Balaban J connectivity index is 1.56. The van der Waals surface area contributed by atoms with Gasteiger partial charge in [-0.25, -0.2) is 9.97 Å².